The van der Waals surface area contributed by atoms with Gasteiger partial charge in [-0.1, -0.05) is 11.8 Å². The van der Waals surface area contributed by atoms with E-state index in [1.54, 1.807) is 37.3 Å². The molecule has 0 aliphatic carbocycles. The number of carbonyl (C=O) groups excluding carboxylic acids is 1. The van der Waals surface area contributed by atoms with Crippen LogP contribution >= 0.6 is 11.8 Å². The second-order valence-electron chi connectivity index (χ2n) is 6.76. The number of benzene rings is 1. The average molecular weight is 436 g/mol. The number of anilines is 1. The zero-order chi connectivity index (χ0) is 20.4. The van der Waals surface area contributed by atoms with Crippen LogP contribution in [-0.2, 0) is 14.8 Å². The number of ether oxygens (including phenoxy) is 2. The van der Waals surface area contributed by atoms with Gasteiger partial charge in [0.1, 0.15) is 4.90 Å². The van der Waals surface area contributed by atoms with Crippen LogP contribution in [0.2, 0.25) is 0 Å². The van der Waals surface area contributed by atoms with Gasteiger partial charge in [0.25, 0.3) is 0 Å². The summed E-state index contributed by atoms with van der Waals surface area (Å²) >= 11 is 1.26. The van der Waals surface area contributed by atoms with E-state index in [1.165, 1.54) is 22.3 Å². The van der Waals surface area contributed by atoms with Crippen molar-refractivity contribution in [1.29, 1.82) is 0 Å². The molecule has 10 heteroatoms. The molecule has 3 heterocycles. The fourth-order valence-electron chi connectivity index (χ4n) is 3.12. The maximum absolute atomic E-state index is 12.6. The molecule has 8 nitrogen and oxygen atoms in total. The summed E-state index contributed by atoms with van der Waals surface area (Å²) in [6, 6.07) is 8.40. The van der Waals surface area contributed by atoms with Gasteiger partial charge in [0, 0.05) is 31.0 Å². The van der Waals surface area contributed by atoms with Gasteiger partial charge >= 0.3 is 0 Å². The Hall–Kier alpha value is -2.30. The highest BCUT2D eigenvalue weighted by molar-refractivity contribution is 8.00. The number of rotatable bonds is 6. The maximum atomic E-state index is 12.6. The highest BCUT2D eigenvalue weighted by atomic mass is 32.2. The summed E-state index contributed by atoms with van der Waals surface area (Å²) in [7, 11) is -3.49. The largest absolute Gasteiger partial charge is 0.454 e. The lowest BCUT2D eigenvalue weighted by atomic mass is 10.2. The third-order valence-corrected chi connectivity index (χ3v) is 7.65. The number of nitrogens with one attached hydrogen (secondary N) is 1. The second-order valence-corrected chi connectivity index (χ2v) is 10.1. The van der Waals surface area contributed by atoms with Crippen LogP contribution < -0.4 is 14.8 Å². The molecule has 4 rings (SSSR count). The molecule has 1 aromatic carbocycles. The lowest BCUT2D eigenvalue weighted by Gasteiger charge is -2.15. The van der Waals surface area contributed by atoms with Crippen LogP contribution in [0.1, 0.15) is 19.8 Å². The number of thioether (sulfide) groups is 1. The first-order valence-corrected chi connectivity index (χ1v) is 11.6. The van der Waals surface area contributed by atoms with Crippen molar-refractivity contribution in [1.82, 2.24) is 9.29 Å². The minimum atomic E-state index is -3.49. The Balaban J connectivity index is 1.37. The fraction of sp³-hybridized carbons (Fsp3) is 0.368. The van der Waals surface area contributed by atoms with E-state index in [0.717, 1.165) is 12.8 Å². The Labute approximate surface area is 173 Å². The minimum absolute atomic E-state index is 0.175. The van der Waals surface area contributed by atoms with Gasteiger partial charge in [-0.3, -0.25) is 4.79 Å². The molecule has 1 fully saturated rings. The Morgan fingerprint density at radius 1 is 1.17 bits per heavy atom. The van der Waals surface area contributed by atoms with Crippen LogP contribution in [-0.4, -0.2) is 48.7 Å². The Morgan fingerprint density at radius 3 is 2.66 bits per heavy atom. The van der Waals surface area contributed by atoms with E-state index in [1.807, 2.05) is 0 Å². The molecule has 2 aliphatic heterocycles. The SMILES string of the molecule is C[C@H](Sc1ccc(S(=O)(=O)N2CCCC2)cn1)C(=O)Nc1ccc2c(c1)OCO2. The van der Waals surface area contributed by atoms with Crippen molar-refractivity contribution < 1.29 is 22.7 Å². The molecular weight excluding hydrogens is 414 g/mol. The number of carbonyl (C=O) groups is 1. The number of pyridine rings is 1. The lowest BCUT2D eigenvalue weighted by molar-refractivity contribution is -0.115. The molecular formula is C19H21N3O5S2. The molecule has 1 saturated heterocycles. The zero-order valence-corrected chi connectivity index (χ0v) is 17.5. The van der Waals surface area contributed by atoms with Gasteiger partial charge in [0.15, 0.2) is 11.5 Å². The standard InChI is InChI=1S/C19H21N3O5S2/c1-13(19(23)21-14-4-6-16-17(10-14)27-12-26-16)28-18-7-5-15(11-20-18)29(24,25)22-8-2-3-9-22/h4-7,10-11,13H,2-3,8-9,12H2,1H3,(H,21,23)/t13-/m0/s1. The van der Waals surface area contributed by atoms with Crippen LogP contribution in [0, 0.1) is 0 Å². The van der Waals surface area contributed by atoms with E-state index in [-0.39, 0.29) is 17.6 Å². The Kier molecular flexibility index (Phi) is 5.66. The summed E-state index contributed by atoms with van der Waals surface area (Å²) in [5.74, 6) is 1.06. The second kappa shape index (κ2) is 8.21. The van der Waals surface area contributed by atoms with Gasteiger partial charge in [-0.05, 0) is 44.0 Å². The van der Waals surface area contributed by atoms with Gasteiger partial charge in [0.05, 0.1) is 10.3 Å². The number of hydrogen-bond donors (Lipinski definition) is 1. The van der Waals surface area contributed by atoms with Crippen molar-refractivity contribution in [3.63, 3.8) is 0 Å². The van der Waals surface area contributed by atoms with Crippen LogP contribution in [0.5, 0.6) is 11.5 Å². The summed E-state index contributed by atoms with van der Waals surface area (Å²) in [5, 5.41) is 3.00. The van der Waals surface area contributed by atoms with Crippen molar-refractivity contribution in [2.24, 2.45) is 0 Å². The molecule has 1 atom stereocenters. The number of sulfonamides is 1. The average Bonchev–Trinajstić information content (AvgIpc) is 3.40. The molecule has 0 unspecified atom stereocenters. The van der Waals surface area contributed by atoms with Gasteiger partial charge in [-0.15, -0.1) is 0 Å². The normalized spacial score (nSPS) is 17.3. The smallest absolute Gasteiger partial charge is 0.244 e. The lowest BCUT2D eigenvalue weighted by Crippen LogP contribution is -2.28. The van der Waals surface area contributed by atoms with Crippen LogP contribution in [0.4, 0.5) is 5.69 Å². The van der Waals surface area contributed by atoms with Crippen molar-refractivity contribution in [2.75, 3.05) is 25.2 Å². The van der Waals surface area contributed by atoms with Crippen LogP contribution in [0.15, 0.2) is 46.5 Å². The van der Waals surface area contributed by atoms with E-state index in [2.05, 4.69) is 10.3 Å². The van der Waals surface area contributed by atoms with Crippen molar-refractivity contribution in [3.8, 4) is 11.5 Å². The molecule has 154 valence electrons. The third-order valence-electron chi connectivity index (χ3n) is 4.72. The summed E-state index contributed by atoms with van der Waals surface area (Å²) < 4.78 is 37.2. The molecule has 0 saturated carbocycles. The fourth-order valence-corrected chi connectivity index (χ4v) is 5.37. The summed E-state index contributed by atoms with van der Waals surface area (Å²) in [6.07, 6.45) is 3.13. The van der Waals surface area contributed by atoms with E-state index in [9.17, 15) is 13.2 Å². The molecule has 29 heavy (non-hydrogen) atoms. The highest BCUT2D eigenvalue weighted by Crippen LogP contribution is 2.34. The highest BCUT2D eigenvalue weighted by Gasteiger charge is 2.27. The zero-order valence-electron chi connectivity index (χ0n) is 15.8. The molecule has 2 aromatic rings. The van der Waals surface area contributed by atoms with Gasteiger partial charge < -0.3 is 14.8 Å². The molecule has 1 amide bonds. The monoisotopic (exact) mass is 435 g/mol. The number of fused-ring (bicyclic) bond motifs is 1. The Bertz CT molecular complexity index is 1010. The predicted molar refractivity (Wildman–Crippen MR) is 109 cm³/mol. The molecule has 0 radical (unpaired) electrons. The number of amides is 1. The molecule has 0 spiro atoms. The minimum Gasteiger partial charge on any atom is -0.454 e. The summed E-state index contributed by atoms with van der Waals surface area (Å²) in [6.45, 7) is 3.05. The number of hydrogen-bond acceptors (Lipinski definition) is 7. The molecule has 1 N–H and O–H groups in total. The topological polar surface area (TPSA) is 97.8 Å². The van der Waals surface area contributed by atoms with Crippen molar-refractivity contribution >= 4 is 33.4 Å². The van der Waals surface area contributed by atoms with E-state index in [0.29, 0.717) is 35.3 Å². The number of nitrogens with zero attached hydrogens (tertiary/aromatic N) is 2. The van der Waals surface area contributed by atoms with Gasteiger partial charge in [0.2, 0.25) is 22.7 Å². The summed E-state index contributed by atoms with van der Waals surface area (Å²) in [5.41, 5.74) is 0.617. The summed E-state index contributed by atoms with van der Waals surface area (Å²) in [4.78, 5) is 16.9. The van der Waals surface area contributed by atoms with Gasteiger partial charge in [-0.25, -0.2) is 13.4 Å². The van der Waals surface area contributed by atoms with Crippen LogP contribution in [0.3, 0.4) is 0 Å². The van der Waals surface area contributed by atoms with Gasteiger partial charge in [-0.2, -0.15) is 4.31 Å². The first-order valence-electron chi connectivity index (χ1n) is 9.27. The van der Waals surface area contributed by atoms with E-state index >= 15 is 0 Å². The van der Waals surface area contributed by atoms with E-state index < -0.39 is 15.3 Å². The van der Waals surface area contributed by atoms with E-state index in [4.69, 9.17) is 9.47 Å². The van der Waals surface area contributed by atoms with Crippen molar-refractivity contribution in [2.45, 2.75) is 34.9 Å². The maximum Gasteiger partial charge on any atom is 0.244 e. The quantitative estimate of drug-likeness (QED) is 0.697. The molecule has 1 aromatic heterocycles. The van der Waals surface area contributed by atoms with Crippen molar-refractivity contribution in [3.05, 3.63) is 36.5 Å². The Morgan fingerprint density at radius 2 is 1.93 bits per heavy atom. The molecule has 0 bridgehead atoms. The molecule has 2 aliphatic rings. The van der Waals surface area contributed by atoms with Crippen LogP contribution in [0.25, 0.3) is 0 Å². The first kappa shape index (κ1) is 20.0. The predicted octanol–water partition coefficient (Wildman–Crippen LogP) is 2.71. The third kappa shape index (κ3) is 4.34. The number of aromatic nitrogens is 1. The first-order chi connectivity index (χ1) is 13.9.